The minimum absolute atomic E-state index is 0.0118. The SMILES string of the molecule is [CH2][C@@H](N)Cc1ccc(C)cc1. The number of rotatable bonds is 2. The third kappa shape index (κ3) is 2.72. The molecule has 1 aromatic rings. The molecule has 0 heterocycles. The second-order valence-corrected chi connectivity index (χ2v) is 2.95. The van der Waals surface area contributed by atoms with Crippen LogP contribution in [0.15, 0.2) is 24.3 Å². The van der Waals surface area contributed by atoms with Gasteiger partial charge in [-0.05, 0) is 25.8 Å². The molecular weight excluding hydrogens is 134 g/mol. The lowest BCUT2D eigenvalue weighted by Crippen LogP contribution is -2.17. The van der Waals surface area contributed by atoms with E-state index in [1.165, 1.54) is 11.1 Å². The maximum atomic E-state index is 5.55. The minimum atomic E-state index is 0.0118. The largest absolute Gasteiger partial charge is 0.327 e. The van der Waals surface area contributed by atoms with Gasteiger partial charge >= 0.3 is 0 Å². The lowest BCUT2D eigenvalue weighted by molar-refractivity contribution is 0.806. The van der Waals surface area contributed by atoms with Crippen LogP contribution in [-0.4, -0.2) is 6.04 Å². The first-order valence-corrected chi connectivity index (χ1v) is 3.82. The number of hydrogen-bond donors (Lipinski definition) is 1. The fourth-order valence-corrected chi connectivity index (χ4v) is 1.03. The highest BCUT2D eigenvalue weighted by molar-refractivity contribution is 5.22. The molecule has 0 aliphatic carbocycles. The zero-order chi connectivity index (χ0) is 8.27. The van der Waals surface area contributed by atoms with Gasteiger partial charge in [0.05, 0.1) is 0 Å². The molecule has 0 aliphatic rings. The van der Waals surface area contributed by atoms with E-state index in [0.717, 1.165) is 6.42 Å². The molecule has 0 amide bonds. The van der Waals surface area contributed by atoms with Crippen LogP contribution in [0.3, 0.4) is 0 Å². The van der Waals surface area contributed by atoms with Crippen molar-refractivity contribution < 1.29 is 0 Å². The van der Waals surface area contributed by atoms with Gasteiger partial charge in [-0.25, -0.2) is 0 Å². The van der Waals surface area contributed by atoms with Crippen molar-refractivity contribution >= 4 is 0 Å². The Labute approximate surface area is 68.2 Å². The van der Waals surface area contributed by atoms with E-state index in [0.29, 0.717) is 0 Å². The van der Waals surface area contributed by atoms with Gasteiger partial charge in [0.1, 0.15) is 0 Å². The minimum Gasteiger partial charge on any atom is -0.327 e. The normalized spacial score (nSPS) is 13.0. The molecule has 2 N–H and O–H groups in total. The summed E-state index contributed by atoms with van der Waals surface area (Å²) in [5.74, 6) is 0. The Hall–Kier alpha value is -0.820. The van der Waals surface area contributed by atoms with Crippen molar-refractivity contribution in [3.8, 4) is 0 Å². The summed E-state index contributed by atoms with van der Waals surface area (Å²) in [6.45, 7) is 5.81. The zero-order valence-corrected chi connectivity index (χ0v) is 6.88. The Kier molecular flexibility index (Phi) is 2.66. The first-order chi connectivity index (χ1) is 5.18. The van der Waals surface area contributed by atoms with E-state index in [4.69, 9.17) is 5.73 Å². The Morgan fingerprint density at radius 2 is 1.91 bits per heavy atom. The van der Waals surface area contributed by atoms with Crippen LogP contribution in [0.2, 0.25) is 0 Å². The predicted molar refractivity (Wildman–Crippen MR) is 48.2 cm³/mol. The molecule has 0 aliphatic heterocycles. The summed E-state index contributed by atoms with van der Waals surface area (Å²) >= 11 is 0. The molecule has 0 saturated heterocycles. The van der Waals surface area contributed by atoms with Gasteiger partial charge in [0, 0.05) is 6.04 Å². The van der Waals surface area contributed by atoms with Gasteiger partial charge in [-0.3, -0.25) is 0 Å². The molecule has 0 bridgehead atoms. The second-order valence-electron chi connectivity index (χ2n) is 2.95. The van der Waals surface area contributed by atoms with E-state index in [1.807, 2.05) is 0 Å². The van der Waals surface area contributed by atoms with Gasteiger partial charge in [-0.1, -0.05) is 29.8 Å². The fourth-order valence-electron chi connectivity index (χ4n) is 1.03. The highest BCUT2D eigenvalue weighted by Crippen LogP contribution is 2.04. The summed E-state index contributed by atoms with van der Waals surface area (Å²) in [7, 11) is 0. The van der Waals surface area contributed by atoms with Crippen molar-refractivity contribution in [2.24, 2.45) is 5.73 Å². The molecule has 11 heavy (non-hydrogen) atoms. The van der Waals surface area contributed by atoms with Gasteiger partial charge in [0.25, 0.3) is 0 Å². The van der Waals surface area contributed by atoms with Crippen molar-refractivity contribution in [3.05, 3.63) is 42.3 Å². The van der Waals surface area contributed by atoms with Gasteiger partial charge in [-0.15, -0.1) is 0 Å². The summed E-state index contributed by atoms with van der Waals surface area (Å²) < 4.78 is 0. The number of hydrogen-bond acceptors (Lipinski definition) is 1. The molecule has 1 rings (SSSR count). The third-order valence-corrected chi connectivity index (χ3v) is 1.62. The lowest BCUT2D eigenvalue weighted by Gasteiger charge is -2.04. The molecule has 59 valence electrons. The van der Waals surface area contributed by atoms with Crippen LogP contribution in [0.25, 0.3) is 0 Å². The van der Waals surface area contributed by atoms with E-state index >= 15 is 0 Å². The van der Waals surface area contributed by atoms with Crippen molar-refractivity contribution in [2.75, 3.05) is 0 Å². The Morgan fingerprint density at radius 1 is 1.36 bits per heavy atom. The van der Waals surface area contributed by atoms with Crippen LogP contribution in [0, 0.1) is 13.8 Å². The maximum Gasteiger partial charge on any atom is 0.00799 e. The van der Waals surface area contributed by atoms with Crippen LogP contribution < -0.4 is 5.73 Å². The topological polar surface area (TPSA) is 26.0 Å². The van der Waals surface area contributed by atoms with Crippen molar-refractivity contribution in [1.82, 2.24) is 0 Å². The first-order valence-electron chi connectivity index (χ1n) is 3.82. The molecular formula is C10H14N. The molecule has 0 unspecified atom stereocenters. The summed E-state index contributed by atoms with van der Waals surface area (Å²) in [5, 5.41) is 0. The smallest absolute Gasteiger partial charge is 0.00799 e. The van der Waals surface area contributed by atoms with Gasteiger partial charge in [0.2, 0.25) is 0 Å². The van der Waals surface area contributed by atoms with Crippen LogP contribution in [0.1, 0.15) is 11.1 Å². The molecule has 0 spiro atoms. The van der Waals surface area contributed by atoms with Crippen molar-refractivity contribution in [1.29, 1.82) is 0 Å². The number of aryl methyl sites for hydroxylation is 1. The van der Waals surface area contributed by atoms with E-state index in [-0.39, 0.29) is 6.04 Å². The number of benzene rings is 1. The Morgan fingerprint density at radius 3 is 2.36 bits per heavy atom. The number of nitrogens with two attached hydrogens (primary N) is 1. The van der Waals surface area contributed by atoms with Crippen LogP contribution >= 0.6 is 0 Å². The zero-order valence-electron chi connectivity index (χ0n) is 6.88. The second kappa shape index (κ2) is 3.54. The highest BCUT2D eigenvalue weighted by Gasteiger charge is 1.95. The molecule has 0 aromatic heterocycles. The van der Waals surface area contributed by atoms with Gasteiger partial charge in [0.15, 0.2) is 0 Å². The molecule has 0 fully saturated rings. The molecule has 0 saturated carbocycles. The summed E-state index contributed by atoms with van der Waals surface area (Å²) in [6.07, 6.45) is 0.861. The molecule has 1 aromatic carbocycles. The predicted octanol–water partition coefficient (Wildman–Crippen LogP) is 1.70. The van der Waals surface area contributed by atoms with E-state index in [2.05, 4.69) is 38.1 Å². The fraction of sp³-hybridized carbons (Fsp3) is 0.300. The molecule has 1 radical (unpaired) electrons. The molecule has 1 heteroatoms. The Bertz CT molecular complexity index is 211. The maximum absolute atomic E-state index is 5.55. The third-order valence-electron chi connectivity index (χ3n) is 1.62. The summed E-state index contributed by atoms with van der Waals surface area (Å²) in [4.78, 5) is 0. The van der Waals surface area contributed by atoms with Crippen LogP contribution in [0.5, 0.6) is 0 Å². The lowest BCUT2D eigenvalue weighted by atomic mass is 10.1. The van der Waals surface area contributed by atoms with Crippen molar-refractivity contribution in [3.63, 3.8) is 0 Å². The first kappa shape index (κ1) is 8.28. The average Bonchev–Trinajstić information content (AvgIpc) is 1.93. The Balaban J connectivity index is 2.66. The quantitative estimate of drug-likeness (QED) is 0.678. The standard InChI is InChI=1S/C10H14N/c1-8-3-5-10(6-4-8)7-9(2)11/h3-6,9H,2,7,11H2,1H3/t9-/m1/s1. The van der Waals surface area contributed by atoms with Crippen LogP contribution in [-0.2, 0) is 6.42 Å². The average molecular weight is 148 g/mol. The van der Waals surface area contributed by atoms with Crippen LogP contribution in [0.4, 0.5) is 0 Å². The summed E-state index contributed by atoms with van der Waals surface area (Å²) in [5.41, 5.74) is 8.10. The van der Waals surface area contributed by atoms with Crippen molar-refractivity contribution in [2.45, 2.75) is 19.4 Å². The summed E-state index contributed by atoms with van der Waals surface area (Å²) in [6, 6.07) is 8.40. The highest BCUT2D eigenvalue weighted by atomic mass is 14.6. The van der Waals surface area contributed by atoms with E-state index < -0.39 is 0 Å². The monoisotopic (exact) mass is 148 g/mol. The molecule has 1 atom stereocenters. The van der Waals surface area contributed by atoms with E-state index in [9.17, 15) is 0 Å². The van der Waals surface area contributed by atoms with Gasteiger partial charge in [-0.2, -0.15) is 0 Å². The molecule has 1 nitrogen and oxygen atoms in total. The van der Waals surface area contributed by atoms with E-state index in [1.54, 1.807) is 0 Å². The van der Waals surface area contributed by atoms with Gasteiger partial charge < -0.3 is 5.73 Å².